The molecule has 1 aromatic carbocycles. The maximum atomic E-state index is 11.0. The summed E-state index contributed by atoms with van der Waals surface area (Å²) in [4.78, 5) is 11.0. The molecular formula is C13H11NO2S. The number of aromatic carboxylic acids is 1. The summed E-state index contributed by atoms with van der Waals surface area (Å²) < 4.78 is 0. The Bertz CT molecular complexity index is 558. The Labute approximate surface area is 103 Å². The molecule has 86 valence electrons. The van der Waals surface area contributed by atoms with E-state index in [0.29, 0.717) is 10.6 Å². The van der Waals surface area contributed by atoms with Gasteiger partial charge in [0.2, 0.25) is 0 Å². The van der Waals surface area contributed by atoms with Crippen molar-refractivity contribution in [1.82, 2.24) is 0 Å². The number of rotatable bonds is 3. The zero-order valence-corrected chi connectivity index (χ0v) is 9.78. The first kappa shape index (κ1) is 11.4. The first-order chi connectivity index (χ1) is 8.18. The van der Waals surface area contributed by atoms with Crippen LogP contribution in [0.15, 0.2) is 35.7 Å². The summed E-state index contributed by atoms with van der Waals surface area (Å²) in [6.45, 7) is 0. The normalized spacial score (nSPS) is 10.8. The highest BCUT2D eigenvalue weighted by Gasteiger charge is 2.13. The van der Waals surface area contributed by atoms with Crippen molar-refractivity contribution < 1.29 is 9.90 Å². The molecule has 0 saturated carbocycles. The molecule has 0 spiro atoms. The SMILES string of the molecule is Nc1scc(/C=C/c2ccccc2)c1C(=O)O. The number of carboxylic acids is 1. The third kappa shape index (κ3) is 2.54. The molecular weight excluding hydrogens is 234 g/mol. The number of anilines is 1. The Kier molecular flexibility index (Phi) is 3.25. The number of carboxylic acid groups (broad SMARTS) is 1. The summed E-state index contributed by atoms with van der Waals surface area (Å²) in [5.41, 5.74) is 7.46. The molecule has 17 heavy (non-hydrogen) atoms. The predicted octanol–water partition coefficient (Wildman–Crippen LogP) is 3.20. The molecule has 0 bridgehead atoms. The fraction of sp³-hybridized carbons (Fsp3) is 0. The van der Waals surface area contributed by atoms with Gasteiger partial charge in [-0.25, -0.2) is 4.79 Å². The van der Waals surface area contributed by atoms with Crippen LogP contribution in [0.1, 0.15) is 21.5 Å². The van der Waals surface area contributed by atoms with Crippen LogP contribution in [-0.4, -0.2) is 11.1 Å². The molecule has 0 amide bonds. The van der Waals surface area contributed by atoms with Gasteiger partial charge in [-0.3, -0.25) is 0 Å². The van der Waals surface area contributed by atoms with Crippen LogP contribution in [0.3, 0.4) is 0 Å². The van der Waals surface area contributed by atoms with Gasteiger partial charge in [0.25, 0.3) is 0 Å². The average molecular weight is 245 g/mol. The van der Waals surface area contributed by atoms with E-state index in [1.54, 1.807) is 11.5 Å². The molecule has 3 nitrogen and oxygen atoms in total. The molecule has 0 aliphatic rings. The van der Waals surface area contributed by atoms with Crippen molar-refractivity contribution in [2.24, 2.45) is 0 Å². The number of carbonyl (C=O) groups is 1. The Morgan fingerprint density at radius 2 is 1.94 bits per heavy atom. The van der Waals surface area contributed by atoms with Gasteiger partial charge in [0, 0.05) is 10.9 Å². The second kappa shape index (κ2) is 4.84. The average Bonchev–Trinajstić information content (AvgIpc) is 2.69. The first-order valence-electron chi connectivity index (χ1n) is 5.02. The molecule has 0 aliphatic carbocycles. The lowest BCUT2D eigenvalue weighted by molar-refractivity contribution is 0.0698. The zero-order chi connectivity index (χ0) is 12.3. The Morgan fingerprint density at radius 1 is 1.24 bits per heavy atom. The summed E-state index contributed by atoms with van der Waals surface area (Å²) in [7, 11) is 0. The number of benzene rings is 1. The monoisotopic (exact) mass is 245 g/mol. The van der Waals surface area contributed by atoms with Crippen molar-refractivity contribution in [3.05, 3.63) is 52.4 Å². The Hall–Kier alpha value is -2.07. The minimum absolute atomic E-state index is 0.183. The van der Waals surface area contributed by atoms with Crippen LogP contribution in [0.4, 0.5) is 5.00 Å². The number of nitrogen functional groups attached to an aromatic ring is 1. The number of thiophene rings is 1. The van der Waals surface area contributed by atoms with Crippen molar-refractivity contribution in [3.8, 4) is 0 Å². The molecule has 0 radical (unpaired) electrons. The minimum atomic E-state index is -0.989. The highest BCUT2D eigenvalue weighted by Crippen LogP contribution is 2.26. The van der Waals surface area contributed by atoms with Gasteiger partial charge >= 0.3 is 5.97 Å². The summed E-state index contributed by atoms with van der Waals surface area (Å²) in [6.07, 6.45) is 3.64. The third-order valence-corrected chi connectivity index (χ3v) is 3.15. The van der Waals surface area contributed by atoms with E-state index in [4.69, 9.17) is 10.8 Å². The van der Waals surface area contributed by atoms with Crippen LogP contribution in [0.25, 0.3) is 12.2 Å². The van der Waals surface area contributed by atoms with Gasteiger partial charge < -0.3 is 10.8 Å². The van der Waals surface area contributed by atoms with E-state index in [1.807, 2.05) is 36.4 Å². The molecule has 0 atom stereocenters. The van der Waals surface area contributed by atoms with E-state index in [-0.39, 0.29) is 5.56 Å². The van der Waals surface area contributed by atoms with Gasteiger partial charge in [0.05, 0.1) is 0 Å². The van der Waals surface area contributed by atoms with Gasteiger partial charge in [-0.2, -0.15) is 0 Å². The summed E-state index contributed by atoms with van der Waals surface area (Å²) >= 11 is 1.24. The topological polar surface area (TPSA) is 63.3 Å². The highest BCUT2D eigenvalue weighted by atomic mass is 32.1. The van der Waals surface area contributed by atoms with E-state index in [2.05, 4.69) is 0 Å². The van der Waals surface area contributed by atoms with Crippen molar-refractivity contribution >= 4 is 34.5 Å². The van der Waals surface area contributed by atoms with E-state index >= 15 is 0 Å². The maximum absolute atomic E-state index is 11.0. The second-order valence-corrected chi connectivity index (χ2v) is 4.39. The Balaban J connectivity index is 2.31. The molecule has 3 N–H and O–H groups in total. The summed E-state index contributed by atoms with van der Waals surface area (Å²) in [5.74, 6) is -0.989. The second-order valence-electron chi connectivity index (χ2n) is 3.48. The van der Waals surface area contributed by atoms with Gasteiger partial charge in [-0.05, 0) is 5.56 Å². The van der Waals surface area contributed by atoms with Crippen LogP contribution >= 0.6 is 11.3 Å². The maximum Gasteiger partial charge on any atom is 0.339 e. The van der Waals surface area contributed by atoms with Gasteiger partial charge in [0.1, 0.15) is 10.6 Å². The molecule has 0 unspecified atom stereocenters. The smallest absolute Gasteiger partial charge is 0.339 e. The van der Waals surface area contributed by atoms with Gasteiger partial charge in [0.15, 0.2) is 0 Å². The van der Waals surface area contributed by atoms with E-state index in [9.17, 15) is 4.79 Å². The Morgan fingerprint density at radius 3 is 2.59 bits per heavy atom. The molecule has 0 saturated heterocycles. The van der Waals surface area contributed by atoms with Crippen molar-refractivity contribution in [3.63, 3.8) is 0 Å². The lowest BCUT2D eigenvalue weighted by Gasteiger charge is -1.95. The van der Waals surface area contributed by atoms with Crippen LogP contribution < -0.4 is 5.73 Å². The summed E-state index contributed by atoms with van der Waals surface area (Å²) in [6, 6.07) is 9.70. The van der Waals surface area contributed by atoms with Crippen LogP contribution in [0.5, 0.6) is 0 Å². The molecule has 0 aliphatic heterocycles. The molecule has 1 heterocycles. The molecule has 1 aromatic heterocycles. The van der Waals surface area contributed by atoms with Crippen molar-refractivity contribution in [1.29, 1.82) is 0 Å². The highest BCUT2D eigenvalue weighted by molar-refractivity contribution is 7.14. The number of hydrogen-bond donors (Lipinski definition) is 2. The lowest BCUT2D eigenvalue weighted by atomic mass is 10.1. The zero-order valence-electron chi connectivity index (χ0n) is 8.96. The van der Waals surface area contributed by atoms with Crippen LogP contribution in [0.2, 0.25) is 0 Å². The number of hydrogen-bond acceptors (Lipinski definition) is 3. The quantitative estimate of drug-likeness (QED) is 0.872. The van der Waals surface area contributed by atoms with E-state index in [1.165, 1.54) is 11.3 Å². The minimum Gasteiger partial charge on any atom is -0.478 e. The van der Waals surface area contributed by atoms with Crippen molar-refractivity contribution in [2.75, 3.05) is 5.73 Å². The van der Waals surface area contributed by atoms with E-state index in [0.717, 1.165) is 5.56 Å². The number of nitrogens with two attached hydrogens (primary N) is 1. The largest absolute Gasteiger partial charge is 0.478 e. The van der Waals surface area contributed by atoms with Gasteiger partial charge in [-0.15, -0.1) is 11.3 Å². The standard InChI is InChI=1S/C13H11NO2S/c14-12-11(13(15)16)10(8-17-12)7-6-9-4-2-1-3-5-9/h1-8H,14H2,(H,15,16)/b7-6+. The lowest BCUT2D eigenvalue weighted by Crippen LogP contribution is -2.00. The molecule has 0 fully saturated rings. The third-order valence-electron chi connectivity index (χ3n) is 2.32. The predicted molar refractivity (Wildman–Crippen MR) is 71.1 cm³/mol. The molecule has 2 aromatic rings. The fourth-order valence-corrected chi connectivity index (χ4v) is 2.26. The van der Waals surface area contributed by atoms with Crippen molar-refractivity contribution in [2.45, 2.75) is 0 Å². The molecule has 4 heteroatoms. The summed E-state index contributed by atoms with van der Waals surface area (Å²) in [5, 5.41) is 11.1. The fourth-order valence-electron chi connectivity index (χ4n) is 1.49. The van der Waals surface area contributed by atoms with Gasteiger partial charge in [-0.1, -0.05) is 42.5 Å². The first-order valence-corrected chi connectivity index (χ1v) is 5.90. The van der Waals surface area contributed by atoms with E-state index < -0.39 is 5.97 Å². The van der Waals surface area contributed by atoms with Crippen LogP contribution in [-0.2, 0) is 0 Å². The van der Waals surface area contributed by atoms with Crippen LogP contribution in [0, 0.1) is 0 Å². The molecule has 2 rings (SSSR count).